The Hall–Kier alpha value is -0.250. The lowest BCUT2D eigenvalue weighted by molar-refractivity contribution is 1.44. The van der Waals surface area contributed by atoms with Crippen molar-refractivity contribution in [3.63, 3.8) is 0 Å². The van der Waals surface area contributed by atoms with Gasteiger partial charge in [0.05, 0.1) is 21.6 Å². The molecular weight excluding hydrogens is 275 g/mol. The highest BCUT2D eigenvalue weighted by Crippen LogP contribution is 2.37. The summed E-state index contributed by atoms with van der Waals surface area (Å²) in [5.41, 5.74) is 6.00. The first-order chi connectivity index (χ1) is 6.02. The summed E-state index contributed by atoms with van der Waals surface area (Å²) >= 11 is 15.0. The van der Waals surface area contributed by atoms with Crippen molar-refractivity contribution >= 4 is 50.7 Å². The normalized spacial score (nSPS) is 11.8. The van der Waals surface area contributed by atoms with Crippen LogP contribution in [0, 0.1) is 0 Å². The molecule has 0 unspecified atom stereocenters. The van der Waals surface area contributed by atoms with Crippen LogP contribution in [0.1, 0.15) is 6.92 Å². The summed E-state index contributed by atoms with van der Waals surface area (Å²) < 4.78 is 0.743. The Morgan fingerprint density at radius 1 is 1.38 bits per heavy atom. The summed E-state index contributed by atoms with van der Waals surface area (Å²) in [6.07, 6.45) is 0. The number of amidine groups is 1. The molecule has 2 nitrogen and oxygen atoms in total. The predicted molar refractivity (Wildman–Crippen MR) is 61.1 cm³/mol. The number of hydrogen-bond acceptors (Lipinski definition) is 1. The minimum atomic E-state index is 0.404. The highest BCUT2D eigenvalue weighted by Gasteiger charge is 2.07. The predicted octanol–water partition coefficient (Wildman–Crippen LogP) is 3.76. The van der Waals surface area contributed by atoms with Gasteiger partial charge < -0.3 is 5.73 Å². The Morgan fingerprint density at radius 2 is 2.00 bits per heavy atom. The summed E-state index contributed by atoms with van der Waals surface area (Å²) in [5.74, 6) is 0.445. The van der Waals surface area contributed by atoms with Crippen molar-refractivity contribution in [2.45, 2.75) is 6.92 Å². The maximum Gasteiger partial charge on any atom is 0.0965 e. The number of halogens is 3. The van der Waals surface area contributed by atoms with Crippen LogP contribution in [0.15, 0.2) is 21.6 Å². The Kier molecular flexibility index (Phi) is 3.59. The first-order valence-electron chi connectivity index (χ1n) is 3.46. The van der Waals surface area contributed by atoms with E-state index in [-0.39, 0.29) is 0 Å². The number of aliphatic imine (C=N–C) groups is 1. The smallest absolute Gasteiger partial charge is 0.0965 e. The molecule has 0 aliphatic carbocycles. The second-order valence-electron chi connectivity index (χ2n) is 2.45. The van der Waals surface area contributed by atoms with Gasteiger partial charge in [-0.3, -0.25) is 0 Å². The number of nitrogens with two attached hydrogens (primary N) is 1. The third-order valence-electron chi connectivity index (χ3n) is 1.31. The van der Waals surface area contributed by atoms with Crippen LogP contribution in [0.5, 0.6) is 0 Å². The molecule has 0 spiro atoms. The Balaban J connectivity index is 3.26. The van der Waals surface area contributed by atoms with Crippen molar-refractivity contribution in [2.75, 3.05) is 0 Å². The molecule has 70 valence electrons. The molecule has 0 aliphatic rings. The molecule has 0 heterocycles. The van der Waals surface area contributed by atoms with E-state index >= 15 is 0 Å². The maximum absolute atomic E-state index is 5.92. The average Bonchev–Trinajstić information content (AvgIpc) is 2.06. The van der Waals surface area contributed by atoms with Crippen LogP contribution in [-0.2, 0) is 0 Å². The lowest BCUT2D eigenvalue weighted by atomic mass is 10.3. The summed E-state index contributed by atoms with van der Waals surface area (Å²) in [6, 6.07) is 3.52. The maximum atomic E-state index is 5.92. The van der Waals surface area contributed by atoms with Crippen molar-refractivity contribution in [3.05, 3.63) is 26.7 Å². The van der Waals surface area contributed by atoms with Crippen LogP contribution in [0.25, 0.3) is 0 Å². The molecule has 0 fully saturated rings. The van der Waals surface area contributed by atoms with Crippen molar-refractivity contribution in [1.82, 2.24) is 0 Å². The molecule has 0 aliphatic heterocycles. The molecule has 0 saturated carbocycles. The molecular formula is C8H7BrCl2N2. The lowest BCUT2D eigenvalue weighted by Gasteiger charge is -2.02. The number of benzene rings is 1. The van der Waals surface area contributed by atoms with E-state index < -0.39 is 0 Å². The molecule has 0 saturated heterocycles. The Morgan fingerprint density at radius 3 is 2.54 bits per heavy atom. The summed E-state index contributed by atoms with van der Waals surface area (Å²) in [5, 5.41) is 0.852. The highest BCUT2D eigenvalue weighted by molar-refractivity contribution is 9.10. The first-order valence-corrected chi connectivity index (χ1v) is 5.01. The van der Waals surface area contributed by atoms with E-state index in [0.29, 0.717) is 21.6 Å². The van der Waals surface area contributed by atoms with Crippen LogP contribution >= 0.6 is 39.1 Å². The van der Waals surface area contributed by atoms with Crippen LogP contribution < -0.4 is 5.73 Å². The van der Waals surface area contributed by atoms with E-state index in [1.807, 2.05) is 0 Å². The van der Waals surface area contributed by atoms with Crippen LogP contribution in [0.3, 0.4) is 0 Å². The summed E-state index contributed by atoms with van der Waals surface area (Å²) in [4.78, 5) is 4.02. The van der Waals surface area contributed by atoms with Gasteiger partial charge in [-0.1, -0.05) is 23.2 Å². The first kappa shape index (κ1) is 10.8. The largest absolute Gasteiger partial charge is 0.387 e. The third kappa shape index (κ3) is 2.59. The Labute approximate surface area is 94.9 Å². The number of hydrogen-bond donors (Lipinski definition) is 1. The zero-order valence-corrected chi connectivity index (χ0v) is 9.91. The van der Waals surface area contributed by atoms with Crippen LogP contribution in [0.2, 0.25) is 10.0 Å². The quantitative estimate of drug-likeness (QED) is 0.475. The molecule has 0 aromatic heterocycles. The van der Waals surface area contributed by atoms with Gasteiger partial charge in [-0.25, -0.2) is 4.99 Å². The fourth-order valence-electron chi connectivity index (χ4n) is 0.792. The van der Waals surface area contributed by atoms with Crippen LogP contribution in [0.4, 0.5) is 5.69 Å². The Bertz CT molecular complexity index is 359. The monoisotopic (exact) mass is 280 g/mol. The molecule has 1 aromatic carbocycles. The molecule has 0 amide bonds. The second kappa shape index (κ2) is 4.31. The van der Waals surface area contributed by atoms with Crippen molar-refractivity contribution in [2.24, 2.45) is 10.7 Å². The van der Waals surface area contributed by atoms with Crippen LogP contribution in [-0.4, -0.2) is 5.84 Å². The molecule has 5 heteroatoms. The van der Waals surface area contributed by atoms with E-state index in [1.165, 1.54) is 0 Å². The molecule has 13 heavy (non-hydrogen) atoms. The average molecular weight is 282 g/mol. The van der Waals surface area contributed by atoms with Gasteiger partial charge in [0, 0.05) is 4.47 Å². The SMILES string of the molecule is CC(N)=Nc1ccc(Br)c(Cl)c1Cl. The minimum Gasteiger partial charge on any atom is -0.387 e. The van der Waals surface area contributed by atoms with Gasteiger partial charge >= 0.3 is 0 Å². The van der Waals surface area contributed by atoms with Gasteiger partial charge in [-0.15, -0.1) is 0 Å². The van der Waals surface area contributed by atoms with Crippen molar-refractivity contribution in [1.29, 1.82) is 0 Å². The summed E-state index contributed by atoms with van der Waals surface area (Å²) in [7, 11) is 0. The van der Waals surface area contributed by atoms with E-state index in [2.05, 4.69) is 20.9 Å². The molecule has 2 N–H and O–H groups in total. The van der Waals surface area contributed by atoms with E-state index in [4.69, 9.17) is 28.9 Å². The number of rotatable bonds is 1. The fraction of sp³-hybridized carbons (Fsp3) is 0.125. The fourth-order valence-corrected chi connectivity index (χ4v) is 1.60. The highest BCUT2D eigenvalue weighted by atomic mass is 79.9. The molecule has 1 aromatic rings. The topological polar surface area (TPSA) is 38.4 Å². The van der Waals surface area contributed by atoms with Gasteiger partial charge in [-0.2, -0.15) is 0 Å². The van der Waals surface area contributed by atoms with Gasteiger partial charge in [0.15, 0.2) is 0 Å². The zero-order valence-electron chi connectivity index (χ0n) is 6.81. The third-order valence-corrected chi connectivity index (χ3v) is 3.07. The molecule has 1 rings (SSSR count). The van der Waals surface area contributed by atoms with Crippen molar-refractivity contribution < 1.29 is 0 Å². The molecule has 0 radical (unpaired) electrons. The van der Waals surface area contributed by atoms with E-state index in [1.54, 1.807) is 19.1 Å². The lowest BCUT2D eigenvalue weighted by Crippen LogP contribution is -2.03. The standard InChI is InChI=1S/C8H7BrCl2N2/c1-4(12)13-6-3-2-5(9)7(10)8(6)11/h2-3H,1H3,(H2,12,13). The second-order valence-corrected chi connectivity index (χ2v) is 4.06. The minimum absolute atomic E-state index is 0.404. The summed E-state index contributed by atoms with van der Waals surface area (Å²) in [6.45, 7) is 1.69. The van der Waals surface area contributed by atoms with Gasteiger partial charge in [0.1, 0.15) is 0 Å². The van der Waals surface area contributed by atoms with Gasteiger partial charge in [0.2, 0.25) is 0 Å². The van der Waals surface area contributed by atoms with E-state index in [9.17, 15) is 0 Å². The van der Waals surface area contributed by atoms with Crippen molar-refractivity contribution in [3.8, 4) is 0 Å². The molecule has 0 bridgehead atoms. The zero-order chi connectivity index (χ0) is 10.0. The molecule has 0 atom stereocenters. The van der Waals surface area contributed by atoms with Gasteiger partial charge in [-0.05, 0) is 35.0 Å². The van der Waals surface area contributed by atoms with E-state index in [0.717, 1.165) is 4.47 Å². The number of nitrogens with zero attached hydrogens (tertiary/aromatic N) is 1. The van der Waals surface area contributed by atoms with Gasteiger partial charge in [0.25, 0.3) is 0 Å².